The quantitative estimate of drug-likeness (QED) is 0.497. The second-order valence-corrected chi connectivity index (χ2v) is 6.40. The second-order valence-electron chi connectivity index (χ2n) is 6.40. The Morgan fingerprint density at radius 2 is 1.89 bits per heavy atom. The first-order valence-corrected chi connectivity index (χ1v) is 7.55. The van der Waals surface area contributed by atoms with Crippen LogP contribution >= 0.6 is 0 Å². The molecule has 1 aliphatic carbocycles. The summed E-state index contributed by atoms with van der Waals surface area (Å²) in [5.41, 5.74) is -0.0485. The molecule has 1 rings (SSSR count). The third-order valence-corrected chi connectivity index (χ3v) is 4.64. The van der Waals surface area contributed by atoms with E-state index >= 15 is 0 Å². The van der Waals surface area contributed by atoms with Gasteiger partial charge in [-0.25, -0.2) is 0 Å². The van der Waals surface area contributed by atoms with Crippen LogP contribution in [-0.4, -0.2) is 18.4 Å². The van der Waals surface area contributed by atoms with Gasteiger partial charge in [0.15, 0.2) is 0 Å². The number of Topliss-reactive ketones (excluding diaryl/α,β-unsaturated/α-hetero) is 1. The zero-order valence-electron chi connectivity index (χ0n) is 12.8. The molecule has 110 valence electrons. The molecule has 1 aliphatic rings. The summed E-state index contributed by atoms with van der Waals surface area (Å²) in [5.74, 6) is 0.560. The number of carbonyl (C=O) groups excluding carboxylic acids is 2. The van der Waals surface area contributed by atoms with Gasteiger partial charge in [0, 0.05) is 12.3 Å². The van der Waals surface area contributed by atoms with E-state index in [1.165, 1.54) is 12.8 Å². The highest BCUT2D eigenvalue weighted by atomic mass is 16.5. The zero-order valence-corrected chi connectivity index (χ0v) is 12.8. The maximum atomic E-state index is 11.7. The van der Waals surface area contributed by atoms with Crippen molar-refractivity contribution < 1.29 is 14.3 Å². The number of unbranched alkanes of at least 4 members (excludes halogenated alkanes) is 3. The van der Waals surface area contributed by atoms with Gasteiger partial charge in [0.05, 0.1) is 6.61 Å². The molecule has 0 radical (unpaired) electrons. The van der Waals surface area contributed by atoms with Gasteiger partial charge in [-0.1, -0.05) is 40.0 Å². The average molecular weight is 268 g/mol. The topological polar surface area (TPSA) is 43.4 Å². The molecule has 3 heteroatoms. The monoisotopic (exact) mass is 268 g/mol. The minimum atomic E-state index is -0.100. The van der Waals surface area contributed by atoms with Crippen molar-refractivity contribution in [1.82, 2.24) is 0 Å². The van der Waals surface area contributed by atoms with Gasteiger partial charge in [0.2, 0.25) is 0 Å². The minimum absolute atomic E-state index is 0.0485. The summed E-state index contributed by atoms with van der Waals surface area (Å²) in [6, 6.07) is 0. The lowest BCUT2D eigenvalue weighted by atomic mass is 9.53. The van der Waals surface area contributed by atoms with Gasteiger partial charge in [-0.2, -0.15) is 0 Å². The lowest BCUT2D eigenvalue weighted by Gasteiger charge is -2.50. The number of rotatable bonds is 8. The Morgan fingerprint density at radius 1 is 1.21 bits per heavy atom. The first-order chi connectivity index (χ1) is 8.89. The molecular weight excluding hydrogens is 240 g/mol. The Balaban J connectivity index is 2.22. The van der Waals surface area contributed by atoms with Gasteiger partial charge >= 0.3 is 5.97 Å². The third-order valence-electron chi connectivity index (χ3n) is 4.64. The number of esters is 1. The first-order valence-electron chi connectivity index (χ1n) is 7.55. The van der Waals surface area contributed by atoms with Crippen molar-refractivity contribution in [2.45, 2.75) is 66.2 Å². The molecule has 0 spiro atoms. The van der Waals surface area contributed by atoms with Crippen LogP contribution in [0.25, 0.3) is 0 Å². The number of hydrogen-bond acceptors (Lipinski definition) is 3. The van der Waals surface area contributed by atoms with E-state index in [4.69, 9.17) is 4.74 Å². The fourth-order valence-corrected chi connectivity index (χ4v) is 3.03. The van der Waals surface area contributed by atoms with Crippen LogP contribution < -0.4 is 0 Å². The summed E-state index contributed by atoms with van der Waals surface area (Å²) >= 11 is 0. The molecule has 0 aromatic carbocycles. The molecule has 1 saturated carbocycles. The normalized spacial score (nSPS) is 24.6. The molecule has 0 N–H and O–H groups in total. The molecule has 0 aromatic heterocycles. The second kappa shape index (κ2) is 7.06. The predicted molar refractivity (Wildman–Crippen MR) is 75.8 cm³/mol. The van der Waals surface area contributed by atoms with E-state index in [9.17, 15) is 9.59 Å². The third kappa shape index (κ3) is 4.32. The maximum Gasteiger partial charge on any atom is 0.306 e. The lowest BCUT2D eigenvalue weighted by molar-refractivity contribution is -0.153. The van der Waals surface area contributed by atoms with Gasteiger partial charge in [0.1, 0.15) is 5.78 Å². The lowest BCUT2D eigenvalue weighted by Crippen LogP contribution is -2.49. The minimum Gasteiger partial charge on any atom is -0.466 e. The number of ketones is 1. The molecule has 0 aliphatic heterocycles. The Hall–Kier alpha value is -0.860. The molecule has 0 saturated heterocycles. The van der Waals surface area contributed by atoms with E-state index in [1.54, 1.807) is 6.92 Å². The molecule has 0 aromatic rings. The Labute approximate surface area is 117 Å². The fourth-order valence-electron chi connectivity index (χ4n) is 3.03. The highest BCUT2D eigenvalue weighted by Crippen LogP contribution is 2.53. The van der Waals surface area contributed by atoms with Crippen LogP contribution in [0.4, 0.5) is 0 Å². The van der Waals surface area contributed by atoms with Crippen molar-refractivity contribution in [1.29, 1.82) is 0 Å². The SMILES string of the molecule is CCCCCCOC(=O)C[C@@H]1C[C@H](C(C)=O)C1(C)C. The van der Waals surface area contributed by atoms with Crippen molar-refractivity contribution in [2.24, 2.45) is 17.3 Å². The van der Waals surface area contributed by atoms with E-state index in [2.05, 4.69) is 20.8 Å². The van der Waals surface area contributed by atoms with Gasteiger partial charge < -0.3 is 4.74 Å². The molecule has 0 amide bonds. The first kappa shape index (κ1) is 16.2. The molecule has 0 unspecified atom stereocenters. The van der Waals surface area contributed by atoms with E-state index in [-0.39, 0.29) is 23.1 Å². The van der Waals surface area contributed by atoms with Gasteiger partial charge in [-0.05, 0) is 31.1 Å². The van der Waals surface area contributed by atoms with Crippen molar-refractivity contribution in [3.63, 3.8) is 0 Å². The van der Waals surface area contributed by atoms with Crippen LogP contribution in [0.15, 0.2) is 0 Å². The Bertz CT molecular complexity index is 320. The van der Waals surface area contributed by atoms with Crippen molar-refractivity contribution in [2.75, 3.05) is 6.61 Å². The number of carbonyl (C=O) groups is 2. The largest absolute Gasteiger partial charge is 0.466 e. The van der Waals surface area contributed by atoms with Gasteiger partial charge in [-0.15, -0.1) is 0 Å². The van der Waals surface area contributed by atoms with Gasteiger partial charge in [0.25, 0.3) is 0 Å². The maximum absolute atomic E-state index is 11.7. The van der Waals surface area contributed by atoms with Crippen LogP contribution in [0, 0.1) is 17.3 Å². The Kier molecular flexibility index (Phi) is 6.02. The number of ether oxygens (including phenoxy) is 1. The van der Waals surface area contributed by atoms with E-state index < -0.39 is 0 Å². The van der Waals surface area contributed by atoms with Crippen molar-refractivity contribution >= 4 is 11.8 Å². The van der Waals surface area contributed by atoms with Crippen LogP contribution in [0.5, 0.6) is 0 Å². The smallest absolute Gasteiger partial charge is 0.306 e. The summed E-state index contributed by atoms with van der Waals surface area (Å²) in [7, 11) is 0. The zero-order chi connectivity index (χ0) is 14.5. The van der Waals surface area contributed by atoms with Crippen molar-refractivity contribution in [3.05, 3.63) is 0 Å². The standard InChI is InChI=1S/C16H28O3/c1-5-6-7-8-9-19-15(18)11-13-10-14(12(2)17)16(13,3)4/h13-14H,5-11H2,1-4H3/t13-,14+/m0/s1. The number of hydrogen-bond donors (Lipinski definition) is 0. The van der Waals surface area contributed by atoms with Gasteiger partial charge in [-0.3, -0.25) is 9.59 Å². The fraction of sp³-hybridized carbons (Fsp3) is 0.875. The molecule has 19 heavy (non-hydrogen) atoms. The van der Waals surface area contributed by atoms with Crippen LogP contribution in [0.3, 0.4) is 0 Å². The molecular formula is C16H28O3. The molecule has 0 heterocycles. The molecule has 3 nitrogen and oxygen atoms in total. The average Bonchev–Trinajstić information content (AvgIpc) is 2.33. The van der Waals surface area contributed by atoms with Crippen LogP contribution in [-0.2, 0) is 14.3 Å². The summed E-state index contributed by atoms with van der Waals surface area (Å²) in [4.78, 5) is 23.2. The van der Waals surface area contributed by atoms with E-state index in [0.29, 0.717) is 18.9 Å². The van der Waals surface area contributed by atoms with E-state index in [1.807, 2.05) is 0 Å². The summed E-state index contributed by atoms with van der Waals surface area (Å²) in [6.07, 6.45) is 5.79. The van der Waals surface area contributed by atoms with E-state index in [0.717, 1.165) is 19.3 Å². The highest BCUT2D eigenvalue weighted by Gasteiger charge is 2.50. The molecule has 1 fully saturated rings. The highest BCUT2D eigenvalue weighted by molar-refractivity contribution is 5.81. The summed E-state index contributed by atoms with van der Waals surface area (Å²) in [5, 5.41) is 0. The van der Waals surface area contributed by atoms with Crippen molar-refractivity contribution in [3.8, 4) is 0 Å². The van der Waals surface area contributed by atoms with Crippen LogP contribution in [0.1, 0.15) is 66.2 Å². The Morgan fingerprint density at radius 3 is 2.42 bits per heavy atom. The summed E-state index contributed by atoms with van der Waals surface area (Å²) in [6.45, 7) is 8.52. The summed E-state index contributed by atoms with van der Waals surface area (Å²) < 4.78 is 5.26. The predicted octanol–water partition coefficient (Wildman–Crippen LogP) is 3.75. The molecule has 2 atom stereocenters. The van der Waals surface area contributed by atoms with Crippen LogP contribution in [0.2, 0.25) is 0 Å². The molecule has 0 bridgehead atoms.